The summed E-state index contributed by atoms with van der Waals surface area (Å²) < 4.78 is 8.83. The second-order valence-corrected chi connectivity index (χ2v) is 5.05. The van der Waals surface area contributed by atoms with Gasteiger partial charge in [-0.05, 0) is 38.8 Å². The highest BCUT2D eigenvalue weighted by molar-refractivity contribution is 5.67. The fourth-order valence-electron chi connectivity index (χ4n) is 2.56. The van der Waals surface area contributed by atoms with Crippen LogP contribution in [0.3, 0.4) is 0 Å². The van der Waals surface area contributed by atoms with Gasteiger partial charge in [0, 0.05) is 0 Å². The molecule has 0 bridgehead atoms. The van der Waals surface area contributed by atoms with Gasteiger partial charge in [-0.15, -0.1) is 0 Å². The van der Waals surface area contributed by atoms with E-state index in [9.17, 15) is 4.79 Å². The first-order valence-electron chi connectivity index (χ1n) is 6.82. The number of nitrogens with zero attached hydrogens (tertiary/aromatic N) is 2. The Morgan fingerprint density at radius 3 is 2.50 bits per heavy atom. The van der Waals surface area contributed by atoms with E-state index in [0.717, 1.165) is 0 Å². The smallest absolute Gasteiger partial charge is 0.348 e. The molecule has 106 valence electrons. The Hall–Kier alpha value is -2.10. The fraction of sp³-hybridized carbons (Fsp3) is 0.375. The van der Waals surface area contributed by atoms with Gasteiger partial charge in [0.2, 0.25) is 6.33 Å². The van der Waals surface area contributed by atoms with Crippen LogP contribution in [0, 0.1) is 20.8 Å². The molecule has 0 spiro atoms. The first-order chi connectivity index (χ1) is 9.51. The van der Waals surface area contributed by atoms with Crippen LogP contribution in [0.15, 0.2) is 30.9 Å². The second-order valence-electron chi connectivity index (χ2n) is 5.05. The van der Waals surface area contributed by atoms with E-state index in [1.54, 1.807) is 0 Å². The van der Waals surface area contributed by atoms with Crippen molar-refractivity contribution in [1.82, 2.24) is 4.57 Å². The third-order valence-electron chi connectivity index (χ3n) is 3.20. The van der Waals surface area contributed by atoms with Crippen molar-refractivity contribution in [2.24, 2.45) is 0 Å². The maximum absolute atomic E-state index is 11.5. The average Bonchev–Trinajstić information content (AvgIpc) is 2.76. The van der Waals surface area contributed by atoms with Crippen molar-refractivity contribution >= 4 is 5.97 Å². The van der Waals surface area contributed by atoms with Crippen molar-refractivity contribution in [1.29, 1.82) is 0 Å². The Labute approximate surface area is 119 Å². The van der Waals surface area contributed by atoms with Gasteiger partial charge < -0.3 is 4.74 Å². The summed E-state index contributed by atoms with van der Waals surface area (Å²) >= 11 is 0. The number of rotatable bonds is 4. The van der Waals surface area contributed by atoms with Crippen molar-refractivity contribution in [3.63, 3.8) is 0 Å². The van der Waals surface area contributed by atoms with Crippen LogP contribution in [0.2, 0.25) is 0 Å². The minimum Gasteiger partial charge on any atom is -0.463 e. The van der Waals surface area contributed by atoms with Crippen LogP contribution in [0.5, 0.6) is 0 Å². The quantitative estimate of drug-likeness (QED) is 0.632. The number of aryl methyl sites for hydroxylation is 3. The van der Waals surface area contributed by atoms with Crippen molar-refractivity contribution in [2.75, 3.05) is 6.61 Å². The molecule has 0 amide bonds. The molecule has 4 heteroatoms. The third kappa shape index (κ3) is 3.07. The summed E-state index contributed by atoms with van der Waals surface area (Å²) in [6.45, 7) is 8.77. The molecular weight excluding hydrogens is 252 g/mol. The molecule has 0 saturated carbocycles. The molecule has 0 fully saturated rings. The van der Waals surface area contributed by atoms with Crippen molar-refractivity contribution in [3.05, 3.63) is 47.5 Å². The summed E-state index contributed by atoms with van der Waals surface area (Å²) in [6.07, 6.45) is 5.77. The van der Waals surface area contributed by atoms with E-state index in [0.29, 0.717) is 6.61 Å². The van der Waals surface area contributed by atoms with Crippen LogP contribution in [0.25, 0.3) is 5.69 Å². The van der Waals surface area contributed by atoms with Gasteiger partial charge in [-0.2, -0.15) is 0 Å². The molecule has 0 saturated heterocycles. The molecule has 0 aliphatic carbocycles. The zero-order valence-corrected chi connectivity index (χ0v) is 12.5. The van der Waals surface area contributed by atoms with Crippen LogP contribution in [-0.4, -0.2) is 17.1 Å². The van der Waals surface area contributed by atoms with E-state index in [-0.39, 0.29) is 12.5 Å². The minimum atomic E-state index is -0.215. The normalized spacial score (nSPS) is 10.6. The highest BCUT2D eigenvalue weighted by Crippen LogP contribution is 2.20. The first-order valence-corrected chi connectivity index (χ1v) is 6.82. The number of imidazole rings is 1. The van der Waals surface area contributed by atoms with Crippen molar-refractivity contribution in [2.45, 2.75) is 34.2 Å². The summed E-state index contributed by atoms with van der Waals surface area (Å²) in [5.74, 6) is -0.215. The molecule has 1 aromatic carbocycles. The molecule has 0 radical (unpaired) electrons. The van der Waals surface area contributed by atoms with Gasteiger partial charge in [-0.3, -0.25) is 0 Å². The predicted octanol–water partition coefficient (Wildman–Crippen LogP) is 2.25. The summed E-state index contributed by atoms with van der Waals surface area (Å²) in [6, 6.07) is 4.33. The van der Waals surface area contributed by atoms with E-state index < -0.39 is 0 Å². The lowest BCUT2D eigenvalue weighted by Crippen LogP contribution is -2.36. The van der Waals surface area contributed by atoms with Gasteiger partial charge in [0.05, 0.1) is 6.61 Å². The van der Waals surface area contributed by atoms with Crippen LogP contribution in [0.1, 0.15) is 23.6 Å². The van der Waals surface area contributed by atoms with E-state index in [1.165, 1.54) is 22.4 Å². The second kappa shape index (κ2) is 5.90. The molecular formula is C16H21N2O2+. The van der Waals surface area contributed by atoms with E-state index >= 15 is 0 Å². The lowest BCUT2D eigenvalue weighted by Gasteiger charge is -2.07. The summed E-state index contributed by atoms with van der Waals surface area (Å²) in [4.78, 5) is 11.5. The van der Waals surface area contributed by atoms with Crippen LogP contribution >= 0.6 is 0 Å². The molecule has 2 rings (SSSR count). The Morgan fingerprint density at radius 2 is 1.90 bits per heavy atom. The predicted molar refractivity (Wildman–Crippen MR) is 76.8 cm³/mol. The number of esters is 1. The standard InChI is InChI=1S/C16H21N2O2/c1-5-20-15(19)10-17-6-7-18(11-17)16-13(3)8-12(2)9-14(16)4/h6-9,11H,5,10H2,1-4H3/q+1. The summed E-state index contributed by atoms with van der Waals surface area (Å²) in [5, 5.41) is 0. The van der Waals surface area contributed by atoms with Gasteiger partial charge in [0.25, 0.3) is 0 Å². The first kappa shape index (κ1) is 14.3. The minimum absolute atomic E-state index is 0.215. The van der Waals surface area contributed by atoms with E-state index in [1.807, 2.05) is 34.8 Å². The number of carbonyl (C=O) groups is 1. The lowest BCUT2D eigenvalue weighted by atomic mass is 10.1. The van der Waals surface area contributed by atoms with Crippen LogP contribution in [-0.2, 0) is 16.1 Å². The van der Waals surface area contributed by atoms with E-state index in [4.69, 9.17) is 4.74 Å². The van der Waals surface area contributed by atoms with Crippen LogP contribution < -0.4 is 4.57 Å². The molecule has 0 N–H and O–H groups in total. The maximum Gasteiger partial charge on any atom is 0.348 e. The fourth-order valence-corrected chi connectivity index (χ4v) is 2.56. The highest BCUT2D eigenvalue weighted by atomic mass is 16.5. The third-order valence-corrected chi connectivity index (χ3v) is 3.20. The summed E-state index contributed by atoms with van der Waals surface area (Å²) in [5.41, 5.74) is 4.87. The maximum atomic E-state index is 11.5. The largest absolute Gasteiger partial charge is 0.463 e. The number of hydrogen-bond donors (Lipinski definition) is 0. The number of hydrogen-bond acceptors (Lipinski definition) is 2. The molecule has 0 aliphatic rings. The zero-order chi connectivity index (χ0) is 14.7. The van der Waals surface area contributed by atoms with Crippen molar-refractivity contribution in [3.8, 4) is 5.69 Å². The van der Waals surface area contributed by atoms with E-state index in [2.05, 4.69) is 32.9 Å². The molecule has 2 aromatic rings. The SMILES string of the molecule is CCOC(=O)C[n+]1ccn(-c2c(C)cc(C)cc2C)c1. The Morgan fingerprint density at radius 1 is 1.25 bits per heavy atom. The number of ether oxygens (including phenoxy) is 1. The molecule has 0 atom stereocenters. The average molecular weight is 273 g/mol. The number of aromatic nitrogens is 2. The van der Waals surface area contributed by atoms with Gasteiger partial charge in [0.15, 0.2) is 6.54 Å². The number of carbonyl (C=O) groups excluding carboxylic acids is 1. The van der Waals surface area contributed by atoms with Gasteiger partial charge in [-0.1, -0.05) is 17.7 Å². The van der Waals surface area contributed by atoms with Gasteiger partial charge in [0.1, 0.15) is 18.1 Å². The van der Waals surface area contributed by atoms with Gasteiger partial charge in [-0.25, -0.2) is 13.9 Å². The highest BCUT2D eigenvalue weighted by Gasteiger charge is 2.14. The monoisotopic (exact) mass is 273 g/mol. The molecule has 4 nitrogen and oxygen atoms in total. The zero-order valence-electron chi connectivity index (χ0n) is 12.5. The summed E-state index contributed by atoms with van der Waals surface area (Å²) in [7, 11) is 0. The lowest BCUT2D eigenvalue weighted by molar-refractivity contribution is -0.685. The molecule has 1 heterocycles. The molecule has 1 aromatic heterocycles. The topological polar surface area (TPSA) is 35.1 Å². The Kier molecular flexibility index (Phi) is 4.23. The van der Waals surface area contributed by atoms with Gasteiger partial charge >= 0.3 is 5.97 Å². The Balaban J connectivity index is 2.27. The molecule has 0 aliphatic heterocycles. The van der Waals surface area contributed by atoms with Crippen molar-refractivity contribution < 1.29 is 14.1 Å². The molecule has 0 unspecified atom stereocenters. The number of benzene rings is 1. The van der Waals surface area contributed by atoms with Crippen LogP contribution in [0.4, 0.5) is 0 Å². The Bertz CT molecular complexity index is 606. The molecule has 20 heavy (non-hydrogen) atoms.